The maximum absolute atomic E-state index is 12.5. The average Bonchev–Trinajstić information content (AvgIpc) is 2.71. The summed E-state index contributed by atoms with van der Waals surface area (Å²) in [5.74, 6) is 0.415. The fourth-order valence-electron chi connectivity index (χ4n) is 3.80. The van der Waals surface area contributed by atoms with Gasteiger partial charge in [0.2, 0.25) is 0 Å². The van der Waals surface area contributed by atoms with Gasteiger partial charge in [-0.1, -0.05) is 6.07 Å². The predicted octanol–water partition coefficient (Wildman–Crippen LogP) is 3.49. The minimum atomic E-state index is -0.173. The van der Waals surface area contributed by atoms with Crippen molar-refractivity contribution in [3.8, 4) is 5.75 Å². The van der Waals surface area contributed by atoms with Crippen LogP contribution < -0.4 is 10.1 Å². The first-order chi connectivity index (χ1) is 14.0. The van der Waals surface area contributed by atoms with Gasteiger partial charge >= 0.3 is 0 Å². The summed E-state index contributed by atoms with van der Waals surface area (Å²) in [6.07, 6.45) is 4.96. The van der Waals surface area contributed by atoms with E-state index in [-0.39, 0.29) is 30.5 Å². The maximum atomic E-state index is 12.5. The summed E-state index contributed by atoms with van der Waals surface area (Å²) in [6.45, 7) is 6.54. The Morgan fingerprint density at radius 2 is 1.83 bits per heavy atom. The molecule has 2 aromatic rings. The molecule has 2 heterocycles. The third kappa shape index (κ3) is 5.34. The Balaban J connectivity index is 1.51. The smallest absolute Gasteiger partial charge is 0.260 e. The van der Waals surface area contributed by atoms with Crippen LogP contribution in [0.2, 0.25) is 0 Å². The van der Waals surface area contributed by atoms with Gasteiger partial charge in [-0.3, -0.25) is 14.6 Å². The highest BCUT2D eigenvalue weighted by molar-refractivity contribution is 5.94. The lowest BCUT2D eigenvalue weighted by Gasteiger charge is -2.38. The van der Waals surface area contributed by atoms with Crippen LogP contribution in [0.3, 0.4) is 0 Å². The number of hydrogen-bond donors (Lipinski definition) is 1. The SMILES string of the molecule is Cc1cccnc1CNC(=O)c1ccc(OCC(=O)N2C(C)CCCC2C)cc1. The van der Waals surface area contributed by atoms with Gasteiger partial charge in [0, 0.05) is 23.8 Å². The number of carbonyl (C=O) groups is 2. The number of benzene rings is 1. The maximum Gasteiger partial charge on any atom is 0.260 e. The molecule has 3 rings (SSSR count). The van der Waals surface area contributed by atoms with E-state index in [1.54, 1.807) is 30.5 Å². The van der Waals surface area contributed by atoms with Crippen LogP contribution in [-0.2, 0) is 11.3 Å². The number of piperidine rings is 1. The van der Waals surface area contributed by atoms with Crippen LogP contribution in [0.4, 0.5) is 0 Å². The fraction of sp³-hybridized carbons (Fsp3) is 0.435. The van der Waals surface area contributed by atoms with E-state index >= 15 is 0 Å². The number of nitrogens with one attached hydrogen (secondary N) is 1. The standard InChI is InChI=1S/C23H29N3O3/c1-16-6-5-13-24-21(16)14-25-23(28)19-9-11-20(12-10-19)29-15-22(27)26-17(2)7-4-8-18(26)3/h5-6,9-13,17-18H,4,7-8,14-15H2,1-3H3,(H,25,28). The molecule has 2 amide bonds. The van der Waals surface area contributed by atoms with Crippen molar-refractivity contribution in [3.63, 3.8) is 0 Å². The van der Waals surface area contributed by atoms with Gasteiger partial charge in [0.05, 0.1) is 12.2 Å². The second-order valence-corrected chi connectivity index (χ2v) is 7.69. The second-order valence-electron chi connectivity index (χ2n) is 7.69. The van der Waals surface area contributed by atoms with E-state index in [2.05, 4.69) is 24.1 Å². The van der Waals surface area contributed by atoms with Gasteiger partial charge in [-0.15, -0.1) is 0 Å². The molecule has 1 fully saturated rings. The van der Waals surface area contributed by atoms with Gasteiger partial charge in [-0.05, 0) is 75.9 Å². The Labute approximate surface area is 172 Å². The first-order valence-electron chi connectivity index (χ1n) is 10.2. The zero-order valence-corrected chi connectivity index (χ0v) is 17.4. The molecule has 1 N–H and O–H groups in total. The Hall–Kier alpha value is -2.89. The van der Waals surface area contributed by atoms with Crippen molar-refractivity contribution in [2.45, 2.75) is 58.7 Å². The first-order valence-corrected chi connectivity index (χ1v) is 10.2. The minimum Gasteiger partial charge on any atom is -0.484 e. The lowest BCUT2D eigenvalue weighted by Crippen LogP contribution is -2.49. The first kappa shape index (κ1) is 20.8. The molecule has 2 atom stereocenters. The number of pyridine rings is 1. The van der Waals surface area contributed by atoms with E-state index in [4.69, 9.17) is 4.74 Å². The van der Waals surface area contributed by atoms with Crippen LogP contribution >= 0.6 is 0 Å². The molecule has 29 heavy (non-hydrogen) atoms. The molecule has 1 aromatic heterocycles. The highest BCUT2D eigenvalue weighted by Crippen LogP contribution is 2.23. The molecule has 154 valence electrons. The van der Waals surface area contributed by atoms with Crippen molar-refractivity contribution in [1.29, 1.82) is 0 Å². The number of aryl methyl sites for hydroxylation is 1. The van der Waals surface area contributed by atoms with Crippen molar-refractivity contribution in [2.24, 2.45) is 0 Å². The third-order valence-corrected chi connectivity index (χ3v) is 5.49. The molecular formula is C23H29N3O3. The van der Waals surface area contributed by atoms with Crippen LogP contribution in [0, 0.1) is 6.92 Å². The number of rotatable bonds is 6. The van der Waals surface area contributed by atoms with Crippen molar-refractivity contribution in [2.75, 3.05) is 6.61 Å². The van der Waals surface area contributed by atoms with E-state index in [9.17, 15) is 9.59 Å². The summed E-state index contributed by atoms with van der Waals surface area (Å²) >= 11 is 0. The molecule has 6 nitrogen and oxygen atoms in total. The summed E-state index contributed by atoms with van der Waals surface area (Å²) in [5, 5.41) is 2.88. The van der Waals surface area contributed by atoms with Gasteiger partial charge in [0.1, 0.15) is 5.75 Å². The van der Waals surface area contributed by atoms with Gasteiger partial charge < -0.3 is 15.0 Å². The summed E-state index contributed by atoms with van der Waals surface area (Å²) in [6, 6.07) is 11.2. The lowest BCUT2D eigenvalue weighted by molar-refractivity contribution is -0.139. The highest BCUT2D eigenvalue weighted by Gasteiger charge is 2.28. The Morgan fingerprint density at radius 1 is 1.14 bits per heavy atom. The molecule has 0 radical (unpaired) electrons. The molecule has 1 aliphatic heterocycles. The van der Waals surface area contributed by atoms with Gasteiger partial charge in [-0.25, -0.2) is 0 Å². The van der Waals surface area contributed by atoms with Crippen LogP contribution in [0.25, 0.3) is 0 Å². The van der Waals surface area contributed by atoms with Crippen LogP contribution in [0.5, 0.6) is 5.75 Å². The summed E-state index contributed by atoms with van der Waals surface area (Å²) < 4.78 is 5.66. The van der Waals surface area contributed by atoms with Crippen LogP contribution in [0.1, 0.15) is 54.7 Å². The minimum absolute atomic E-state index is 0.0113. The normalized spacial score (nSPS) is 18.9. The number of aromatic nitrogens is 1. The van der Waals surface area contributed by atoms with Crippen molar-refractivity contribution < 1.29 is 14.3 Å². The molecule has 2 unspecified atom stereocenters. The van der Waals surface area contributed by atoms with Crippen molar-refractivity contribution in [1.82, 2.24) is 15.2 Å². The van der Waals surface area contributed by atoms with Crippen molar-refractivity contribution in [3.05, 3.63) is 59.4 Å². The molecule has 1 aliphatic rings. The molecule has 6 heteroatoms. The fourth-order valence-corrected chi connectivity index (χ4v) is 3.80. The molecule has 0 aliphatic carbocycles. The Kier molecular flexibility index (Phi) is 6.86. The predicted molar refractivity (Wildman–Crippen MR) is 112 cm³/mol. The summed E-state index contributed by atoms with van der Waals surface area (Å²) in [7, 11) is 0. The number of hydrogen-bond acceptors (Lipinski definition) is 4. The molecule has 1 aromatic carbocycles. The topological polar surface area (TPSA) is 71.5 Å². The molecular weight excluding hydrogens is 366 g/mol. The number of amides is 2. The van der Waals surface area contributed by atoms with E-state index in [1.807, 2.05) is 24.0 Å². The molecule has 0 spiro atoms. The largest absolute Gasteiger partial charge is 0.484 e. The quantitative estimate of drug-likeness (QED) is 0.813. The number of likely N-dealkylation sites (tertiary alicyclic amines) is 1. The van der Waals surface area contributed by atoms with E-state index in [1.165, 1.54) is 0 Å². The summed E-state index contributed by atoms with van der Waals surface area (Å²) in [4.78, 5) is 31.1. The van der Waals surface area contributed by atoms with Gasteiger partial charge in [-0.2, -0.15) is 0 Å². The highest BCUT2D eigenvalue weighted by atomic mass is 16.5. The zero-order valence-electron chi connectivity index (χ0n) is 17.4. The second kappa shape index (κ2) is 9.54. The van der Waals surface area contributed by atoms with Gasteiger partial charge in [0.25, 0.3) is 11.8 Å². The summed E-state index contributed by atoms with van der Waals surface area (Å²) in [5.41, 5.74) is 2.43. The average molecular weight is 396 g/mol. The monoisotopic (exact) mass is 395 g/mol. The number of carbonyl (C=O) groups excluding carboxylic acids is 2. The van der Waals surface area contributed by atoms with Crippen molar-refractivity contribution >= 4 is 11.8 Å². The lowest BCUT2D eigenvalue weighted by atomic mass is 9.97. The van der Waals surface area contributed by atoms with Crippen LogP contribution in [-0.4, -0.2) is 40.4 Å². The van der Waals surface area contributed by atoms with E-state index < -0.39 is 0 Å². The number of nitrogens with zero attached hydrogens (tertiary/aromatic N) is 2. The van der Waals surface area contributed by atoms with E-state index in [0.29, 0.717) is 17.9 Å². The molecule has 0 bridgehead atoms. The van der Waals surface area contributed by atoms with Gasteiger partial charge in [0.15, 0.2) is 6.61 Å². The van der Waals surface area contributed by atoms with E-state index in [0.717, 1.165) is 30.5 Å². The Morgan fingerprint density at radius 3 is 2.48 bits per heavy atom. The molecule has 0 saturated carbocycles. The third-order valence-electron chi connectivity index (χ3n) is 5.49. The molecule has 1 saturated heterocycles. The van der Waals surface area contributed by atoms with Crippen LogP contribution in [0.15, 0.2) is 42.6 Å². The number of ether oxygens (including phenoxy) is 1. The Bertz CT molecular complexity index is 841. The zero-order chi connectivity index (χ0) is 20.8.